The highest BCUT2D eigenvalue weighted by atomic mass is 19.1. The van der Waals surface area contributed by atoms with E-state index in [0.717, 1.165) is 0 Å². The number of amides is 1. The third kappa shape index (κ3) is 4.32. The van der Waals surface area contributed by atoms with Crippen molar-refractivity contribution in [1.29, 1.82) is 0 Å². The van der Waals surface area contributed by atoms with Crippen molar-refractivity contribution < 1.29 is 23.5 Å². The highest BCUT2D eigenvalue weighted by Crippen LogP contribution is 2.22. The van der Waals surface area contributed by atoms with Crippen molar-refractivity contribution in [2.75, 3.05) is 14.2 Å². The first kappa shape index (κ1) is 17.5. The smallest absolute Gasteiger partial charge is 0.307 e. The molecule has 1 amide bonds. The number of para-hydroxylation sites is 1. The molecule has 2 aromatic carbocycles. The van der Waals surface area contributed by atoms with E-state index in [2.05, 4.69) is 10.1 Å². The molecule has 6 heteroatoms. The molecule has 0 saturated heterocycles. The van der Waals surface area contributed by atoms with Crippen LogP contribution in [0.25, 0.3) is 0 Å². The number of rotatable bonds is 6. The van der Waals surface area contributed by atoms with Crippen LogP contribution in [-0.4, -0.2) is 26.1 Å². The van der Waals surface area contributed by atoms with Gasteiger partial charge in [0.25, 0.3) is 5.91 Å². The lowest BCUT2D eigenvalue weighted by Crippen LogP contribution is -2.30. The van der Waals surface area contributed by atoms with Gasteiger partial charge < -0.3 is 14.8 Å². The normalized spacial score (nSPS) is 11.5. The average molecular weight is 331 g/mol. The number of nitrogens with one attached hydrogen (secondary N) is 1. The molecule has 126 valence electrons. The molecule has 0 fully saturated rings. The van der Waals surface area contributed by atoms with Gasteiger partial charge in [0.1, 0.15) is 11.6 Å². The Kier molecular flexibility index (Phi) is 5.89. The molecule has 0 spiro atoms. The van der Waals surface area contributed by atoms with E-state index in [-0.39, 0.29) is 6.42 Å². The Balaban J connectivity index is 2.25. The number of carbonyl (C=O) groups is 2. The molecule has 1 atom stereocenters. The van der Waals surface area contributed by atoms with Crippen molar-refractivity contribution in [3.05, 3.63) is 65.5 Å². The molecular weight excluding hydrogens is 313 g/mol. The highest BCUT2D eigenvalue weighted by molar-refractivity contribution is 5.97. The molecule has 0 aliphatic rings. The van der Waals surface area contributed by atoms with E-state index in [1.807, 2.05) is 0 Å². The topological polar surface area (TPSA) is 64.6 Å². The van der Waals surface area contributed by atoms with Crippen molar-refractivity contribution in [1.82, 2.24) is 5.32 Å². The molecule has 0 aliphatic heterocycles. The summed E-state index contributed by atoms with van der Waals surface area (Å²) in [7, 11) is 2.74. The van der Waals surface area contributed by atoms with Crippen LogP contribution in [0.4, 0.5) is 4.39 Å². The van der Waals surface area contributed by atoms with Crippen LogP contribution in [0.2, 0.25) is 0 Å². The minimum atomic E-state index is -0.643. The monoisotopic (exact) mass is 331 g/mol. The summed E-state index contributed by atoms with van der Waals surface area (Å²) in [5, 5.41) is 2.77. The van der Waals surface area contributed by atoms with Gasteiger partial charge in [0.15, 0.2) is 0 Å². The summed E-state index contributed by atoms with van der Waals surface area (Å²) < 4.78 is 22.9. The third-order valence-corrected chi connectivity index (χ3v) is 3.53. The molecule has 0 aliphatic carbocycles. The standard InChI is InChI=1S/C18H18FNO4/c1-23-16-6-4-3-5-14(16)18(22)20-15(11-17(21)24-2)12-7-9-13(19)10-8-12/h3-10,15H,11H2,1-2H3,(H,20,22)/t15-/m1/s1. The number of benzene rings is 2. The number of hydrogen-bond acceptors (Lipinski definition) is 4. The van der Waals surface area contributed by atoms with Gasteiger partial charge in [0, 0.05) is 0 Å². The second-order valence-electron chi connectivity index (χ2n) is 5.06. The van der Waals surface area contributed by atoms with Gasteiger partial charge in [0.05, 0.1) is 32.2 Å². The minimum Gasteiger partial charge on any atom is -0.496 e. The van der Waals surface area contributed by atoms with Crippen molar-refractivity contribution in [3.8, 4) is 5.75 Å². The van der Waals surface area contributed by atoms with Gasteiger partial charge in [-0.15, -0.1) is 0 Å². The van der Waals surface area contributed by atoms with Crippen LogP contribution in [0, 0.1) is 5.82 Å². The van der Waals surface area contributed by atoms with Crippen molar-refractivity contribution in [2.24, 2.45) is 0 Å². The zero-order valence-electron chi connectivity index (χ0n) is 13.4. The maximum absolute atomic E-state index is 13.1. The Labute approximate surface area is 139 Å². The summed E-state index contributed by atoms with van der Waals surface area (Å²) >= 11 is 0. The van der Waals surface area contributed by atoms with E-state index < -0.39 is 23.7 Å². The van der Waals surface area contributed by atoms with Gasteiger partial charge in [-0.1, -0.05) is 24.3 Å². The molecule has 0 unspecified atom stereocenters. The van der Waals surface area contributed by atoms with Crippen LogP contribution in [0.1, 0.15) is 28.4 Å². The van der Waals surface area contributed by atoms with Crippen molar-refractivity contribution in [3.63, 3.8) is 0 Å². The largest absolute Gasteiger partial charge is 0.496 e. The molecule has 0 heterocycles. The molecule has 0 saturated carbocycles. The fourth-order valence-electron chi connectivity index (χ4n) is 2.27. The van der Waals surface area contributed by atoms with Gasteiger partial charge in [0.2, 0.25) is 0 Å². The molecule has 1 N–H and O–H groups in total. The third-order valence-electron chi connectivity index (χ3n) is 3.53. The summed E-state index contributed by atoms with van der Waals surface area (Å²) in [6.07, 6.45) is -0.0664. The molecule has 24 heavy (non-hydrogen) atoms. The SMILES string of the molecule is COC(=O)C[C@@H](NC(=O)c1ccccc1OC)c1ccc(F)cc1. The summed E-state index contributed by atoms with van der Waals surface area (Å²) in [4.78, 5) is 24.2. The average Bonchev–Trinajstić information content (AvgIpc) is 2.61. The molecule has 0 radical (unpaired) electrons. The van der Waals surface area contributed by atoms with E-state index in [1.165, 1.54) is 38.5 Å². The molecule has 0 aromatic heterocycles. The molecule has 2 rings (SSSR count). The number of ether oxygens (including phenoxy) is 2. The summed E-state index contributed by atoms with van der Waals surface area (Å²) in [6.45, 7) is 0. The lowest BCUT2D eigenvalue weighted by molar-refractivity contribution is -0.141. The number of esters is 1. The van der Waals surface area contributed by atoms with Crippen LogP contribution in [-0.2, 0) is 9.53 Å². The second-order valence-corrected chi connectivity index (χ2v) is 5.06. The van der Waals surface area contributed by atoms with Gasteiger partial charge in [-0.3, -0.25) is 9.59 Å². The number of methoxy groups -OCH3 is 2. The van der Waals surface area contributed by atoms with Gasteiger partial charge in [-0.05, 0) is 29.8 Å². The molecule has 2 aromatic rings. The fraction of sp³-hybridized carbons (Fsp3) is 0.222. The number of carbonyl (C=O) groups excluding carboxylic acids is 2. The predicted octanol–water partition coefficient (Wildman–Crippen LogP) is 2.87. The maximum Gasteiger partial charge on any atom is 0.307 e. The lowest BCUT2D eigenvalue weighted by Gasteiger charge is -2.19. The highest BCUT2D eigenvalue weighted by Gasteiger charge is 2.21. The summed E-state index contributed by atoms with van der Waals surface area (Å²) in [6, 6.07) is 11.7. The van der Waals surface area contributed by atoms with Gasteiger partial charge >= 0.3 is 5.97 Å². The van der Waals surface area contributed by atoms with Crippen molar-refractivity contribution in [2.45, 2.75) is 12.5 Å². The van der Waals surface area contributed by atoms with Crippen LogP contribution < -0.4 is 10.1 Å². The second kappa shape index (κ2) is 8.10. The zero-order chi connectivity index (χ0) is 17.5. The van der Waals surface area contributed by atoms with E-state index in [4.69, 9.17) is 4.74 Å². The van der Waals surface area contributed by atoms with Gasteiger partial charge in [-0.25, -0.2) is 4.39 Å². The van der Waals surface area contributed by atoms with Crippen LogP contribution in [0.3, 0.4) is 0 Å². The van der Waals surface area contributed by atoms with E-state index in [9.17, 15) is 14.0 Å². The molecule has 0 bridgehead atoms. The van der Waals surface area contributed by atoms with Crippen molar-refractivity contribution >= 4 is 11.9 Å². The Morgan fingerprint density at radius 1 is 1.08 bits per heavy atom. The molecule has 5 nitrogen and oxygen atoms in total. The van der Waals surface area contributed by atoms with E-state index in [1.54, 1.807) is 24.3 Å². The lowest BCUT2D eigenvalue weighted by atomic mass is 10.0. The Morgan fingerprint density at radius 2 is 1.75 bits per heavy atom. The van der Waals surface area contributed by atoms with Crippen LogP contribution in [0.15, 0.2) is 48.5 Å². The predicted molar refractivity (Wildman–Crippen MR) is 86.2 cm³/mol. The Morgan fingerprint density at radius 3 is 2.38 bits per heavy atom. The fourth-order valence-corrected chi connectivity index (χ4v) is 2.27. The van der Waals surface area contributed by atoms with Gasteiger partial charge in [-0.2, -0.15) is 0 Å². The Hall–Kier alpha value is -2.89. The minimum absolute atomic E-state index is 0.0664. The first-order valence-electron chi connectivity index (χ1n) is 7.31. The van der Waals surface area contributed by atoms with E-state index in [0.29, 0.717) is 16.9 Å². The summed E-state index contributed by atoms with van der Waals surface area (Å²) in [5.74, 6) is -0.854. The Bertz CT molecular complexity index is 715. The van der Waals surface area contributed by atoms with E-state index >= 15 is 0 Å². The summed E-state index contributed by atoms with van der Waals surface area (Å²) in [5.41, 5.74) is 0.946. The first-order valence-corrected chi connectivity index (χ1v) is 7.31. The first-order chi connectivity index (χ1) is 11.5. The van der Waals surface area contributed by atoms with Crippen LogP contribution >= 0.6 is 0 Å². The number of halogens is 1. The molecular formula is C18H18FNO4. The number of hydrogen-bond donors (Lipinski definition) is 1. The van der Waals surface area contributed by atoms with Crippen LogP contribution in [0.5, 0.6) is 5.75 Å². The zero-order valence-corrected chi connectivity index (χ0v) is 13.4. The maximum atomic E-state index is 13.1. The quantitative estimate of drug-likeness (QED) is 0.827.